The maximum Gasteiger partial charge on any atom is 0.128 e. The molecule has 1 aromatic heterocycles. The van der Waals surface area contributed by atoms with Crippen LogP contribution in [0.5, 0.6) is 0 Å². The summed E-state index contributed by atoms with van der Waals surface area (Å²) in [5.74, 6) is 2.43. The van der Waals surface area contributed by atoms with Crippen LogP contribution in [0, 0.1) is 11.8 Å². The van der Waals surface area contributed by atoms with E-state index in [0.717, 1.165) is 31.9 Å². The molecule has 1 heterocycles. The molecule has 0 aliphatic carbocycles. The number of pyridine rings is 1. The molecule has 1 aromatic rings. The van der Waals surface area contributed by atoms with E-state index in [1.54, 1.807) is 0 Å². The standard InChI is InChI=1S/C17H31N3/c1-7-16-8-15(11-18-10-13(2)3)9-17(19-16)20(6)12-14(4)5/h8-9,13-14,18H,7,10-12H2,1-6H3. The van der Waals surface area contributed by atoms with Crippen molar-refractivity contribution in [3.05, 3.63) is 23.4 Å². The molecule has 0 aromatic carbocycles. The van der Waals surface area contributed by atoms with Crippen molar-refractivity contribution in [1.82, 2.24) is 10.3 Å². The second-order valence-corrected chi connectivity index (χ2v) is 6.48. The van der Waals surface area contributed by atoms with Crippen molar-refractivity contribution in [2.45, 2.75) is 47.6 Å². The van der Waals surface area contributed by atoms with Crippen molar-refractivity contribution in [1.29, 1.82) is 0 Å². The van der Waals surface area contributed by atoms with E-state index < -0.39 is 0 Å². The highest BCUT2D eigenvalue weighted by Gasteiger charge is 2.08. The van der Waals surface area contributed by atoms with Gasteiger partial charge in [0.05, 0.1) is 0 Å². The summed E-state index contributed by atoms with van der Waals surface area (Å²) in [6.45, 7) is 14.1. The molecule has 0 atom stereocenters. The second-order valence-electron chi connectivity index (χ2n) is 6.48. The zero-order valence-corrected chi connectivity index (χ0v) is 14.0. The van der Waals surface area contributed by atoms with Crippen LogP contribution in [0.1, 0.15) is 45.9 Å². The Morgan fingerprint density at radius 1 is 1.15 bits per heavy atom. The fourth-order valence-corrected chi connectivity index (χ4v) is 2.26. The number of aromatic nitrogens is 1. The van der Waals surface area contributed by atoms with Crippen molar-refractivity contribution < 1.29 is 0 Å². The Hall–Kier alpha value is -1.09. The molecule has 0 saturated carbocycles. The summed E-state index contributed by atoms with van der Waals surface area (Å²) in [6.07, 6.45) is 0.987. The van der Waals surface area contributed by atoms with E-state index in [1.165, 1.54) is 11.3 Å². The number of hydrogen-bond donors (Lipinski definition) is 1. The molecular formula is C17H31N3. The minimum Gasteiger partial charge on any atom is -0.359 e. The first kappa shape index (κ1) is 17.0. The molecule has 20 heavy (non-hydrogen) atoms. The Morgan fingerprint density at radius 3 is 2.40 bits per heavy atom. The topological polar surface area (TPSA) is 28.2 Å². The van der Waals surface area contributed by atoms with Crippen molar-refractivity contribution in [3.63, 3.8) is 0 Å². The Kier molecular flexibility index (Phi) is 7.00. The highest BCUT2D eigenvalue weighted by Crippen LogP contribution is 2.16. The minimum atomic E-state index is 0.648. The number of rotatable bonds is 8. The highest BCUT2D eigenvalue weighted by atomic mass is 15.2. The van der Waals surface area contributed by atoms with E-state index in [0.29, 0.717) is 11.8 Å². The fraction of sp³-hybridized carbons (Fsp3) is 0.706. The largest absolute Gasteiger partial charge is 0.359 e. The molecule has 1 rings (SSSR count). The van der Waals surface area contributed by atoms with Gasteiger partial charge >= 0.3 is 0 Å². The lowest BCUT2D eigenvalue weighted by Gasteiger charge is -2.22. The Labute approximate surface area is 124 Å². The third kappa shape index (κ3) is 5.91. The summed E-state index contributed by atoms with van der Waals surface area (Å²) in [7, 11) is 2.13. The first-order chi connectivity index (χ1) is 9.42. The van der Waals surface area contributed by atoms with Crippen molar-refractivity contribution in [2.75, 3.05) is 25.0 Å². The SMILES string of the molecule is CCc1cc(CNCC(C)C)cc(N(C)CC(C)C)n1. The van der Waals surface area contributed by atoms with E-state index in [9.17, 15) is 0 Å². The van der Waals surface area contributed by atoms with Gasteiger partial charge < -0.3 is 10.2 Å². The van der Waals surface area contributed by atoms with Crippen molar-refractivity contribution >= 4 is 5.82 Å². The Morgan fingerprint density at radius 2 is 1.85 bits per heavy atom. The molecule has 114 valence electrons. The average Bonchev–Trinajstić information content (AvgIpc) is 2.37. The number of anilines is 1. The molecule has 0 amide bonds. The van der Waals surface area contributed by atoms with Gasteiger partial charge in [0, 0.05) is 25.8 Å². The molecule has 3 heteroatoms. The normalized spacial score (nSPS) is 11.4. The summed E-state index contributed by atoms with van der Waals surface area (Å²) in [5.41, 5.74) is 2.52. The maximum absolute atomic E-state index is 4.75. The lowest BCUT2D eigenvalue weighted by atomic mass is 10.1. The van der Waals surface area contributed by atoms with E-state index in [2.05, 4.69) is 64.0 Å². The molecule has 3 nitrogen and oxygen atoms in total. The first-order valence-electron chi connectivity index (χ1n) is 7.84. The molecule has 0 radical (unpaired) electrons. The molecule has 0 fully saturated rings. The summed E-state index contributed by atoms with van der Waals surface area (Å²) in [6, 6.07) is 4.44. The monoisotopic (exact) mass is 277 g/mol. The molecule has 0 aliphatic heterocycles. The summed E-state index contributed by atoms with van der Waals surface area (Å²) >= 11 is 0. The maximum atomic E-state index is 4.75. The van der Waals surface area contributed by atoms with Crippen LogP contribution in [0.3, 0.4) is 0 Å². The average molecular weight is 277 g/mol. The quantitative estimate of drug-likeness (QED) is 0.788. The van der Waals surface area contributed by atoms with Crippen LogP contribution in [-0.4, -0.2) is 25.1 Å². The zero-order valence-electron chi connectivity index (χ0n) is 14.0. The fourth-order valence-electron chi connectivity index (χ4n) is 2.26. The van der Waals surface area contributed by atoms with Gasteiger partial charge in [0.15, 0.2) is 0 Å². The van der Waals surface area contributed by atoms with Crippen molar-refractivity contribution in [2.24, 2.45) is 11.8 Å². The highest BCUT2D eigenvalue weighted by molar-refractivity contribution is 5.42. The van der Waals surface area contributed by atoms with E-state index in [-0.39, 0.29) is 0 Å². The van der Waals surface area contributed by atoms with Gasteiger partial charge in [-0.3, -0.25) is 0 Å². The summed E-state index contributed by atoms with van der Waals surface area (Å²) in [5, 5.41) is 3.51. The van der Waals surface area contributed by atoms with Gasteiger partial charge in [-0.2, -0.15) is 0 Å². The first-order valence-corrected chi connectivity index (χ1v) is 7.84. The molecule has 0 bridgehead atoms. The lowest BCUT2D eigenvalue weighted by molar-refractivity contribution is 0.552. The van der Waals surface area contributed by atoms with Gasteiger partial charge in [-0.05, 0) is 42.5 Å². The molecule has 1 N–H and O–H groups in total. The van der Waals surface area contributed by atoms with Gasteiger partial charge in [-0.1, -0.05) is 34.6 Å². The Bertz CT molecular complexity index is 399. The third-order valence-corrected chi connectivity index (χ3v) is 3.20. The van der Waals surface area contributed by atoms with Crippen LogP contribution in [0.25, 0.3) is 0 Å². The van der Waals surface area contributed by atoms with Gasteiger partial charge in [0.2, 0.25) is 0 Å². The third-order valence-electron chi connectivity index (χ3n) is 3.20. The van der Waals surface area contributed by atoms with Gasteiger partial charge in [-0.15, -0.1) is 0 Å². The van der Waals surface area contributed by atoms with Crippen LogP contribution in [0.4, 0.5) is 5.82 Å². The van der Waals surface area contributed by atoms with E-state index >= 15 is 0 Å². The molecule has 0 unspecified atom stereocenters. The number of nitrogens with one attached hydrogen (secondary N) is 1. The van der Waals surface area contributed by atoms with Gasteiger partial charge in [0.1, 0.15) is 5.82 Å². The lowest BCUT2D eigenvalue weighted by Crippen LogP contribution is -2.24. The van der Waals surface area contributed by atoms with Gasteiger partial charge in [-0.25, -0.2) is 4.98 Å². The van der Waals surface area contributed by atoms with Crippen LogP contribution >= 0.6 is 0 Å². The van der Waals surface area contributed by atoms with E-state index in [4.69, 9.17) is 4.98 Å². The predicted molar refractivity (Wildman–Crippen MR) is 88.3 cm³/mol. The number of nitrogens with zero attached hydrogens (tertiary/aromatic N) is 2. The number of aryl methyl sites for hydroxylation is 1. The predicted octanol–water partition coefficient (Wildman–Crippen LogP) is 3.48. The smallest absolute Gasteiger partial charge is 0.128 e. The minimum absolute atomic E-state index is 0.648. The zero-order chi connectivity index (χ0) is 15.1. The molecule has 0 spiro atoms. The van der Waals surface area contributed by atoms with Gasteiger partial charge in [0.25, 0.3) is 0 Å². The molecular weight excluding hydrogens is 246 g/mol. The van der Waals surface area contributed by atoms with Crippen LogP contribution in [-0.2, 0) is 13.0 Å². The van der Waals surface area contributed by atoms with Crippen LogP contribution in [0.15, 0.2) is 12.1 Å². The van der Waals surface area contributed by atoms with Crippen molar-refractivity contribution in [3.8, 4) is 0 Å². The Balaban J connectivity index is 2.79. The second kappa shape index (κ2) is 8.25. The van der Waals surface area contributed by atoms with Crippen LogP contribution in [0.2, 0.25) is 0 Å². The summed E-state index contributed by atoms with van der Waals surface area (Å²) in [4.78, 5) is 7.01. The van der Waals surface area contributed by atoms with E-state index in [1.807, 2.05) is 0 Å². The number of hydrogen-bond acceptors (Lipinski definition) is 3. The molecule has 0 aliphatic rings. The van der Waals surface area contributed by atoms with Crippen LogP contribution < -0.4 is 10.2 Å². The molecule has 0 saturated heterocycles. The summed E-state index contributed by atoms with van der Waals surface area (Å²) < 4.78 is 0.